The number of non-ortho nitro benzene ring substituents is 1. The summed E-state index contributed by atoms with van der Waals surface area (Å²) in [6.07, 6.45) is 2.01. The number of rotatable bonds is 3. The van der Waals surface area contributed by atoms with E-state index in [2.05, 4.69) is 5.32 Å². The summed E-state index contributed by atoms with van der Waals surface area (Å²) in [5.41, 5.74) is 3.20. The lowest BCUT2D eigenvalue weighted by Gasteiger charge is -2.32. The number of carbonyl (C=O) groups excluding carboxylic acids is 1. The SMILES string of the molecule is O=C1CCCC2=C1C(c1ccc([N+](=O)[O-])cc1)n1nc(-c3cccc4ccccc34)nc1N2. The molecule has 0 saturated heterocycles. The number of nitrogens with zero attached hydrogens (tertiary/aromatic N) is 4. The van der Waals surface area contributed by atoms with Crippen LogP contribution in [0.15, 0.2) is 78.0 Å². The number of Topliss-reactive ketones (excluding diaryl/α,β-unsaturated/α-hetero) is 1. The van der Waals surface area contributed by atoms with Gasteiger partial charge < -0.3 is 5.32 Å². The van der Waals surface area contributed by atoms with Crippen LogP contribution in [0.2, 0.25) is 0 Å². The molecule has 1 aliphatic heterocycles. The van der Waals surface area contributed by atoms with Crippen LogP contribution in [0.25, 0.3) is 22.2 Å². The standard InChI is InChI=1S/C25H19N5O3/c31-21-10-4-9-20-22(21)23(16-11-13-17(14-12-16)30(32)33)29-25(26-20)27-24(28-29)19-8-3-6-15-5-1-2-7-18(15)19/h1-3,5-8,11-14,23H,4,9-10H2,(H,26,27,28). The number of aromatic nitrogens is 3. The molecule has 6 rings (SSSR count). The Morgan fingerprint density at radius 2 is 1.79 bits per heavy atom. The van der Waals surface area contributed by atoms with Gasteiger partial charge in [0, 0.05) is 35.4 Å². The highest BCUT2D eigenvalue weighted by Gasteiger charge is 2.37. The average molecular weight is 437 g/mol. The number of hydrogen-bond acceptors (Lipinski definition) is 6. The van der Waals surface area contributed by atoms with E-state index in [1.54, 1.807) is 16.8 Å². The van der Waals surface area contributed by atoms with Crippen molar-refractivity contribution in [3.05, 3.63) is 93.7 Å². The Morgan fingerprint density at radius 1 is 1.00 bits per heavy atom. The van der Waals surface area contributed by atoms with Crippen molar-refractivity contribution in [1.29, 1.82) is 0 Å². The van der Waals surface area contributed by atoms with E-state index in [0.717, 1.165) is 40.4 Å². The number of fused-ring (bicyclic) bond motifs is 2. The van der Waals surface area contributed by atoms with E-state index in [4.69, 9.17) is 10.1 Å². The van der Waals surface area contributed by atoms with E-state index in [9.17, 15) is 14.9 Å². The maximum Gasteiger partial charge on any atom is 0.269 e. The largest absolute Gasteiger partial charge is 0.328 e. The molecular formula is C25H19N5O3. The number of nitro benzene ring substituents is 1. The second kappa shape index (κ2) is 7.37. The second-order valence-electron chi connectivity index (χ2n) is 8.28. The van der Waals surface area contributed by atoms with E-state index >= 15 is 0 Å². The van der Waals surface area contributed by atoms with Gasteiger partial charge in [0.1, 0.15) is 6.04 Å². The number of anilines is 1. The van der Waals surface area contributed by atoms with E-state index < -0.39 is 11.0 Å². The Labute approximate surface area is 188 Å². The van der Waals surface area contributed by atoms with Gasteiger partial charge in [-0.1, -0.05) is 42.5 Å². The Kier molecular flexibility index (Phi) is 4.33. The number of benzene rings is 3. The van der Waals surface area contributed by atoms with Crippen molar-refractivity contribution in [3.8, 4) is 11.4 Å². The van der Waals surface area contributed by atoms with Crippen LogP contribution in [0, 0.1) is 10.1 Å². The predicted molar refractivity (Wildman–Crippen MR) is 124 cm³/mol. The molecule has 2 heterocycles. The number of allylic oxidation sites excluding steroid dienone is 2. The molecule has 0 fully saturated rings. The van der Waals surface area contributed by atoms with Crippen LogP contribution in [-0.4, -0.2) is 25.5 Å². The zero-order valence-electron chi connectivity index (χ0n) is 17.6. The first-order valence-electron chi connectivity index (χ1n) is 10.8. The molecule has 4 aromatic rings. The number of nitro groups is 1. The quantitative estimate of drug-likeness (QED) is 0.356. The molecule has 162 valence electrons. The highest BCUT2D eigenvalue weighted by Crippen LogP contribution is 2.41. The van der Waals surface area contributed by atoms with Crippen LogP contribution in [-0.2, 0) is 4.79 Å². The summed E-state index contributed by atoms with van der Waals surface area (Å²) in [6.45, 7) is 0. The van der Waals surface area contributed by atoms with Crippen molar-refractivity contribution in [2.75, 3.05) is 5.32 Å². The first kappa shape index (κ1) is 19.4. The molecular weight excluding hydrogens is 418 g/mol. The fraction of sp³-hybridized carbons (Fsp3) is 0.160. The van der Waals surface area contributed by atoms with E-state index in [1.807, 2.05) is 42.5 Å². The normalized spacial score (nSPS) is 17.5. The zero-order chi connectivity index (χ0) is 22.5. The van der Waals surface area contributed by atoms with Crippen molar-refractivity contribution < 1.29 is 9.72 Å². The molecule has 0 amide bonds. The van der Waals surface area contributed by atoms with E-state index in [1.165, 1.54) is 12.1 Å². The fourth-order valence-corrected chi connectivity index (χ4v) is 4.78. The first-order chi connectivity index (χ1) is 16.1. The van der Waals surface area contributed by atoms with Gasteiger partial charge in [0.2, 0.25) is 5.95 Å². The van der Waals surface area contributed by atoms with Gasteiger partial charge in [0.15, 0.2) is 11.6 Å². The molecule has 8 nitrogen and oxygen atoms in total. The van der Waals surface area contributed by atoms with Gasteiger partial charge in [-0.2, -0.15) is 4.98 Å². The summed E-state index contributed by atoms with van der Waals surface area (Å²) >= 11 is 0. The molecule has 0 spiro atoms. The van der Waals surface area contributed by atoms with Gasteiger partial charge >= 0.3 is 0 Å². The minimum atomic E-state index is -0.485. The van der Waals surface area contributed by atoms with Gasteiger partial charge in [-0.05, 0) is 41.3 Å². The molecule has 1 aromatic heterocycles. The van der Waals surface area contributed by atoms with Crippen LogP contribution in [0.3, 0.4) is 0 Å². The minimum Gasteiger partial charge on any atom is -0.328 e. The van der Waals surface area contributed by atoms with Crippen LogP contribution in [0.1, 0.15) is 30.9 Å². The van der Waals surface area contributed by atoms with Gasteiger partial charge in [-0.15, -0.1) is 5.10 Å². The third kappa shape index (κ3) is 3.10. The van der Waals surface area contributed by atoms with Crippen LogP contribution < -0.4 is 5.32 Å². The molecule has 1 aliphatic carbocycles. The Morgan fingerprint density at radius 3 is 2.61 bits per heavy atom. The summed E-state index contributed by atoms with van der Waals surface area (Å²) < 4.78 is 1.74. The summed E-state index contributed by atoms with van der Waals surface area (Å²) in [7, 11) is 0. The smallest absolute Gasteiger partial charge is 0.269 e. The lowest BCUT2D eigenvalue weighted by molar-refractivity contribution is -0.384. The van der Waals surface area contributed by atoms with Crippen molar-refractivity contribution in [1.82, 2.24) is 14.8 Å². The van der Waals surface area contributed by atoms with E-state index in [-0.39, 0.29) is 11.5 Å². The summed E-state index contributed by atoms with van der Waals surface area (Å²) in [5, 5.41) is 21.4. The highest BCUT2D eigenvalue weighted by molar-refractivity contribution is 5.99. The summed E-state index contributed by atoms with van der Waals surface area (Å²) in [6, 6.07) is 19.9. The lowest BCUT2D eigenvalue weighted by atomic mass is 9.85. The third-order valence-corrected chi connectivity index (χ3v) is 6.32. The molecule has 1 atom stereocenters. The first-order valence-corrected chi connectivity index (χ1v) is 10.8. The number of ketones is 1. The molecule has 1 N–H and O–H groups in total. The predicted octanol–water partition coefficient (Wildman–Crippen LogP) is 5.03. The zero-order valence-corrected chi connectivity index (χ0v) is 17.6. The Hall–Kier alpha value is -4.33. The van der Waals surface area contributed by atoms with Crippen molar-refractivity contribution in [2.45, 2.75) is 25.3 Å². The molecule has 8 heteroatoms. The van der Waals surface area contributed by atoms with Gasteiger partial charge in [0.25, 0.3) is 5.69 Å². The fourth-order valence-electron chi connectivity index (χ4n) is 4.78. The monoisotopic (exact) mass is 437 g/mol. The molecule has 0 saturated carbocycles. The molecule has 0 bridgehead atoms. The number of carbonyl (C=O) groups is 1. The van der Waals surface area contributed by atoms with Gasteiger partial charge in [-0.3, -0.25) is 14.9 Å². The maximum absolute atomic E-state index is 13.0. The topological polar surface area (TPSA) is 103 Å². The van der Waals surface area contributed by atoms with Crippen LogP contribution in [0.4, 0.5) is 11.6 Å². The van der Waals surface area contributed by atoms with Crippen LogP contribution >= 0.6 is 0 Å². The minimum absolute atomic E-state index is 0.00659. The second-order valence-corrected chi connectivity index (χ2v) is 8.28. The molecule has 0 radical (unpaired) electrons. The van der Waals surface area contributed by atoms with E-state index in [0.29, 0.717) is 23.8 Å². The van der Waals surface area contributed by atoms with Gasteiger partial charge in [-0.25, -0.2) is 4.68 Å². The molecule has 3 aromatic carbocycles. The molecule has 2 aliphatic rings. The van der Waals surface area contributed by atoms with Gasteiger partial charge in [0.05, 0.1) is 4.92 Å². The number of hydrogen-bond donors (Lipinski definition) is 1. The van der Waals surface area contributed by atoms with Crippen molar-refractivity contribution in [2.24, 2.45) is 0 Å². The molecule has 33 heavy (non-hydrogen) atoms. The Balaban J connectivity index is 1.53. The van der Waals surface area contributed by atoms with Crippen molar-refractivity contribution >= 4 is 28.2 Å². The third-order valence-electron chi connectivity index (χ3n) is 6.32. The van der Waals surface area contributed by atoms with Crippen LogP contribution in [0.5, 0.6) is 0 Å². The van der Waals surface area contributed by atoms with Crippen molar-refractivity contribution in [3.63, 3.8) is 0 Å². The average Bonchev–Trinajstić information content (AvgIpc) is 3.26. The summed E-state index contributed by atoms with van der Waals surface area (Å²) in [4.78, 5) is 28.5. The highest BCUT2D eigenvalue weighted by atomic mass is 16.6. The lowest BCUT2D eigenvalue weighted by Crippen LogP contribution is -2.31. The maximum atomic E-state index is 13.0. The molecule has 1 unspecified atom stereocenters. The summed E-state index contributed by atoms with van der Waals surface area (Å²) in [5.74, 6) is 1.20. The number of nitrogens with one attached hydrogen (secondary N) is 1. The Bertz CT molecular complexity index is 1460.